The summed E-state index contributed by atoms with van der Waals surface area (Å²) in [6.45, 7) is 6.70. The molecule has 0 unspecified atom stereocenters. The van der Waals surface area contributed by atoms with Crippen molar-refractivity contribution < 1.29 is 17.9 Å². The third-order valence-electron chi connectivity index (χ3n) is 6.21. The molecule has 188 valence electrons. The molecule has 35 heavy (non-hydrogen) atoms. The van der Waals surface area contributed by atoms with E-state index in [4.69, 9.17) is 4.74 Å². The Bertz CT molecular complexity index is 1230. The molecule has 0 spiro atoms. The van der Waals surface area contributed by atoms with E-state index in [1.54, 1.807) is 18.3 Å². The number of hydrazine groups is 1. The molecule has 0 atom stereocenters. The first kappa shape index (κ1) is 25.2. The molecule has 1 saturated heterocycles. The normalized spacial score (nSPS) is 14.8. The monoisotopic (exact) mass is 498 g/mol. The first-order chi connectivity index (χ1) is 17.0. The van der Waals surface area contributed by atoms with E-state index in [0.717, 1.165) is 30.5 Å². The molecule has 1 aliphatic heterocycles. The number of benzene rings is 2. The lowest BCUT2D eigenvalue weighted by Gasteiger charge is -2.26. The van der Waals surface area contributed by atoms with Crippen molar-refractivity contribution in [3.05, 3.63) is 60.3 Å². The third kappa shape index (κ3) is 6.22. The molecule has 1 aromatic heterocycles. The van der Waals surface area contributed by atoms with Crippen molar-refractivity contribution in [1.82, 2.24) is 19.7 Å². The maximum absolute atomic E-state index is 13.3. The van der Waals surface area contributed by atoms with Crippen molar-refractivity contribution in [3.63, 3.8) is 0 Å². The minimum Gasteiger partial charge on any atom is -0.494 e. The van der Waals surface area contributed by atoms with Crippen LogP contribution in [-0.4, -0.2) is 56.0 Å². The quantitative estimate of drug-likeness (QED) is 0.309. The molecule has 2 aromatic carbocycles. The lowest BCUT2D eigenvalue weighted by molar-refractivity contribution is 0.0933. The van der Waals surface area contributed by atoms with Gasteiger partial charge in [0.15, 0.2) is 0 Å². The Labute approximate surface area is 207 Å². The molecule has 2 N–H and O–H groups in total. The second kappa shape index (κ2) is 11.7. The van der Waals surface area contributed by atoms with E-state index in [1.807, 2.05) is 19.1 Å². The Balaban J connectivity index is 1.40. The van der Waals surface area contributed by atoms with Crippen LogP contribution in [0.1, 0.15) is 49.4 Å². The van der Waals surface area contributed by atoms with E-state index in [0.29, 0.717) is 24.2 Å². The first-order valence-corrected chi connectivity index (χ1v) is 13.8. The van der Waals surface area contributed by atoms with Gasteiger partial charge in [0, 0.05) is 30.2 Å². The second-order valence-electron chi connectivity index (χ2n) is 8.85. The molecule has 8 nitrogen and oxygen atoms in total. The Kier molecular flexibility index (Phi) is 8.43. The summed E-state index contributed by atoms with van der Waals surface area (Å²) in [6, 6.07) is 13.2. The Morgan fingerprint density at radius 2 is 1.80 bits per heavy atom. The summed E-state index contributed by atoms with van der Waals surface area (Å²) < 4.78 is 33.7. The Morgan fingerprint density at radius 1 is 1.03 bits per heavy atom. The average molecular weight is 499 g/mol. The van der Waals surface area contributed by atoms with E-state index in [1.165, 1.54) is 60.6 Å². The molecule has 0 radical (unpaired) electrons. The van der Waals surface area contributed by atoms with Gasteiger partial charge in [-0.05, 0) is 87.3 Å². The number of likely N-dealkylation sites (tertiary alicyclic amines) is 1. The van der Waals surface area contributed by atoms with Gasteiger partial charge in [0.05, 0.1) is 17.0 Å². The van der Waals surface area contributed by atoms with E-state index < -0.39 is 10.0 Å². The standard InChI is InChI=1S/C26H34N4O4S/c1-2-14-27-28-26(31)21-7-10-24(11-8-21)35(32,33)30-18-13-22-20-23(9-12-25(22)30)34-19-6-17-29-15-4-3-5-16-29/h7-13,18,20,27H,2-6,14-17,19H2,1H3,(H,28,31). The minimum atomic E-state index is -3.81. The highest BCUT2D eigenvalue weighted by Gasteiger charge is 2.20. The average Bonchev–Trinajstić information content (AvgIpc) is 3.32. The number of carbonyl (C=O) groups is 1. The molecule has 9 heteroatoms. The number of ether oxygens (including phenoxy) is 1. The molecule has 1 fully saturated rings. The van der Waals surface area contributed by atoms with Gasteiger partial charge in [-0.15, -0.1) is 0 Å². The van der Waals surface area contributed by atoms with Crippen LogP contribution in [0.25, 0.3) is 10.9 Å². The van der Waals surface area contributed by atoms with Crippen LogP contribution in [0.15, 0.2) is 59.6 Å². The second-order valence-corrected chi connectivity index (χ2v) is 10.7. The molecule has 1 aliphatic rings. The predicted molar refractivity (Wildman–Crippen MR) is 137 cm³/mol. The summed E-state index contributed by atoms with van der Waals surface area (Å²) in [7, 11) is -3.81. The smallest absolute Gasteiger partial charge is 0.268 e. The third-order valence-corrected chi connectivity index (χ3v) is 7.92. The number of piperidine rings is 1. The van der Waals surface area contributed by atoms with Crippen molar-refractivity contribution in [3.8, 4) is 5.75 Å². The fourth-order valence-electron chi connectivity index (χ4n) is 4.29. The molecule has 1 amide bonds. The van der Waals surface area contributed by atoms with Gasteiger partial charge >= 0.3 is 0 Å². The summed E-state index contributed by atoms with van der Waals surface area (Å²) in [6.07, 6.45) is 7.31. The van der Waals surface area contributed by atoms with Crippen LogP contribution < -0.4 is 15.6 Å². The molecule has 0 saturated carbocycles. The molecule has 0 bridgehead atoms. The van der Waals surface area contributed by atoms with Gasteiger partial charge in [0.25, 0.3) is 15.9 Å². The summed E-state index contributed by atoms with van der Waals surface area (Å²) in [5.41, 5.74) is 6.38. The van der Waals surface area contributed by atoms with Crippen molar-refractivity contribution >= 4 is 26.8 Å². The largest absolute Gasteiger partial charge is 0.494 e. The molecule has 3 aromatic rings. The Hall–Kier alpha value is -2.88. The van der Waals surface area contributed by atoms with Crippen molar-refractivity contribution in [2.45, 2.75) is 43.9 Å². The van der Waals surface area contributed by atoms with Gasteiger partial charge in [-0.1, -0.05) is 13.3 Å². The maximum Gasteiger partial charge on any atom is 0.268 e. The molecule has 0 aliphatic carbocycles. The Morgan fingerprint density at radius 3 is 2.54 bits per heavy atom. The molecule has 2 heterocycles. The number of fused-ring (bicyclic) bond motifs is 1. The van der Waals surface area contributed by atoms with Crippen LogP contribution >= 0.6 is 0 Å². The van der Waals surface area contributed by atoms with Crippen LogP contribution in [-0.2, 0) is 10.0 Å². The number of hydrogen-bond acceptors (Lipinski definition) is 6. The van der Waals surface area contributed by atoms with Crippen LogP contribution in [0.5, 0.6) is 5.75 Å². The van der Waals surface area contributed by atoms with Gasteiger partial charge < -0.3 is 9.64 Å². The highest BCUT2D eigenvalue weighted by Crippen LogP contribution is 2.26. The zero-order valence-electron chi connectivity index (χ0n) is 20.2. The van der Waals surface area contributed by atoms with Gasteiger partial charge in [0.1, 0.15) is 5.75 Å². The lowest BCUT2D eigenvalue weighted by Crippen LogP contribution is -2.37. The minimum absolute atomic E-state index is 0.117. The zero-order chi connectivity index (χ0) is 24.7. The molecule has 4 rings (SSSR count). The van der Waals surface area contributed by atoms with E-state index in [-0.39, 0.29) is 10.8 Å². The van der Waals surface area contributed by atoms with Gasteiger partial charge in [-0.2, -0.15) is 0 Å². The zero-order valence-corrected chi connectivity index (χ0v) is 21.0. The number of amides is 1. The topological polar surface area (TPSA) is 92.7 Å². The number of hydrogen-bond donors (Lipinski definition) is 2. The number of nitrogens with one attached hydrogen (secondary N) is 2. The van der Waals surface area contributed by atoms with Crippen molar-refractivity contribution in [1.29, 1.82) is 0 Å². The number of rotatable bonds is 11. The first-order valence-electron chi connectivity index (χ1n) is 12.3. The fraction of sp³-hybridized carbons (Fsp3) is 0.423. The summed E-state index contributed by atoms with van der Waals surface area (Å²) in [5.74, 6) is 0.426. The summed E-state index contributed by atoms with van der Waals surface area (Å²) >= 11 is 0. The number of carbonyl (C=O) groups excluding carboxylic acids is 1. The molecular formula is C26H34N4O4S. The molecular weight excluding hydrogens is 464 g/mol. The van der Waals surface area contributed by atoms with Crippen LogP contribution in [0, 0.1) is 0 Å². The van der Waals surface area contributed by atoms with Gasteiger partial charge in [-0.25, -0.2) is 17.8 Å². The highest BCUT2D eigenvalue weighted by atomic mass is 32.2. The fourth-order valence-corrected chi connectivity index (χ4v) is 5.64. The summed E-state index contributed by atoms with van der Waals surface area (Å²) in [5, 5.41) is 0.792. The number of aromatic nitrogens is 1. The van der Waals surface area contributed by atoms with Crippen molar-refractivity contribution in [2.24, 2.45) is 0 Å². The number of nitrogens with zero attached hydrogens (tertiary/aromatic N) is 2. The van der Waals surface area contributed by atoms with E-state index in [2.05, 4.69) is 15.8 Å². The maximum atomic E-state index is 13.3. The van der Waals surface area contributed by atoms with E-state index >= 15 is 0 Å². The SMILES string of the molecule is CCCNNC(=O)c1ccc(S(=O)(=O)n2ccc3cc(OCCCN4CCCCC4)ccc32)cc1. The predicted octanol–water partition coefficient (Wildman–Crippen LogP) is 3.78. The van der Waals surface area contributed by atoms with E-state index in [9.17, 15) is 13.2 Å². The lowest BCUT2D eigenvalue weighted by atomic mass is 10.1. The van der Waals surface area contributed by atoms with Gasteiger partial charge in [0.2, 0.25) is 0 Å². The van der Waals surface area contributed by atoms with Crippen molar-refractivity contribution in [2.75, 3.05) is 32.8 Å². The highest BCUT2D eigenvalue weighted by molar-refractivity contribution is 7.90. The summed E-state index contributed by atoms with van der Waals surface area (Å²) in [4.78, 5) is 14.8. The van der Waals surface area contributed by atoms with Gasteiger partial charge in [-0.3, -0.25) is 10.2 Å². The van der Waals surface area contributed by atoms with Crippen LogP contribution in [0.2, 0.25) is 0 Å². The van der Waals surface area contributed by atoms with Crippen LogP contribution in [0.3, 0.4) is 0 Å². The van der Waals surface area contributed by atoms with Crippen LogP contribution in [0.4, 0.5) is 0 Å².